The fourth-order valence-electron chi connectivity index (χ4n) is 1.07. The van der Waals surface area contributed by atoms with Gasteiger partial charge >= 0.3 is 0 Å². The van der Waals surface area contributed by atoms with Crippen LogP contribution in [0.25, 0.3) is 0 Å². The minimum Gasteiger partial charge on any atom is -0.299 e. The standard InChI is InChI=1S/C9H8F2O3S/c1-6(12)5-15(13,14)9-3-2-7(10)4-8(9)11/h2-4H,5H2,1H3. The van der Waals surface area contributed by atoms with Gasteiger partial charge in [0.15, 0.2) is 9.84 Å². The van der Waals surface area contributed by atoms with Gasteiger partial charge < -0.3 is 0 Å². The highest BCUT2D eigenvalue weighted by Crippen LogP contribution is 2.16. The molecule has 0 unspecified atom stereocenters. The van der Waals surface area contributed by atoms with Gasteiger partial charge in [-0.05, 0) is 19.1 Å². The molecule has 1 aromatic rings. The molecular formula is C9H8F2O3S. The normalized spacial score (nSPS) is 11.4. The number of halogens is 2. The van der Waals surface area contributed by atoms with E-state index in [1.165, 1.54) is 0 Å². The lowest BCUT2D eigenvalue weighted by Crippen LogP contribution is -2.14. The number of ketones is 1. The summed E-state index contributed by atoms with van der Waals surface area (Å²) in [6.07, 6.45) is 0. The highest BCUT2D eigenvalue weighted by molar-refractivity contribution is 7.92. The molecule has 0 bridgehead atoms. The van der Waals surface area contributed by atoms with Crippen LogP contribution < -0.4 is 0 Å². The molecule has 0 amide bonds. The molecular weight excluding hydrogens is 226 g/mol. The molecule has 0 aromatic heterocycles. The van der Waals surface area contributed by atoms with Crippen molar-refractivity contribution in [2.45, 2.75) is 11.8 Å². The summed E-state index contributed by atoms with van der Waals surface area (Å²) in [6, 6.07) is 2.10. The Kier molecular flexibility index (Phi) is 3.18. The van der Waals surface area contributed by atoms with Gasteiger partial charge in [0.25, 0.3) is 0 Å². The average Bonchev–Trinajstić information content (AvgIpc) is 1.99. The van der Waals surface area contributed by atoms with Crippen LogP contribution in [-0.4, -0.2) is 20.0 Å². The lowest BCUT2D eigenvalue weighted by molar-refractivity contribution is -0.114. The van der Waals surface area contributed by atoms with Crippen LogP contribution in [0.3, 0.4) is 0 Å². The van der Waals surface area contributed by atoms with E-state index in [-0.39, 0.29) is 0 Å². The maximum atomic E-state index is 13.1. The molecule has 0 saturated carbocycles. The molecule has 0 spiro atoms. The zero-order valence-electron chi connectivity index (χ0n) is 7.83. The quantitative estimate of drug-likeness (QED) is 0.741. The van der Waals surface area contributed by atoms with Crippen LogP contribution >= 0.6 is 0 Å². The Hall–Kier alpha value is -1.30. The number of benzene rings is 1. The van der Waals surface area contributed by atoms with Gasteiger partial charge in [-0.2, -0.15) is 0 Å². The summed E-state index contributed by atoms with van der Waals surface area (Å²) < 4.78 is 48.3. The molecule has 82 valence electrons. The van der Waals surface area contributed by atoms with E-state index in [9.17, 15) is 22.0 Å². The third-order valence-corrected chi connectivity index (χ3v) is 3.41. The third kappa shape index (κ3) is 2.82. The van der Waals surface area contributed by atoms with Crippen molar-refractivity contribution in [1.82, 2.24) is 0 Å². The highest BCUT2D eigenvalue weighted by Gasteiger charge is 2.21. The monoisotopic (exact) mass is 234 g/mol. The van der Waals surface area contributed by atoms with Crippen molar-refractivity contribution in [1.29, 1.82) is 0 Å². The molecule has 0 aliphatic carbocycles. The second-order valence-corrected chi connectivity index (χ2v) is 4.99. The largest absolute Gasteiger partial charge is 0.299 e. The van der Waals surface area contributed by atoms with Gasteiger partial charge in [-0.25, -0.2) is 17.2 Å². The second kappa shape index (κ2) is 4.06. The van der Waals surface area contributed by atoms with E-state index in [4.69, 9.17) is 0 Å². The first-order chi connectivity index (χ1) is 6.83. The van der Waals surface area contributed by atoms with E-state index in [0.717, 1.165) is 19.1 Å². The van der Waals surface area contributed by atoms with Crippen molar-refractivity contribution in [3.8, 4) is 0 Å². The lowest BCUT2D eigenvalue weighted by Gasteiger charge is -2.03. The van der Waals surface area contributed by atoms with Gasteiger partial charge in [0.2, 0.25) is 0 Å². The minimum atomic E-state index is -4.00. The predicted octanol–water partition coefficient (Wildman–Crippen LogP) is 1.33. The molecule has 0 radical (unpaired) electrons. The highest BCUT2D eigenvalue weighted by atomic mass is 32.2. The maximum Gasteiger partial charge on any atom is 0.188 e. The third-order valence-electron chi connectivity index (χ3n) is 1.62. The van der Waals surface area contributed by atoms with E-state index >= 15 is 0 Å². The van der Waals surface area contributed by atoms with Crippen molar-refractivity contribution in [2.75, 3.05) is 5.75 Å². The Balaban J connectivity index is 3.22. The number of carbonyl (C=O) groups is 1. The van der Waals surface area contributed by atoms with Gasteiger partial charge in [0.05, 0.1) is 0 Å². The van der Waals surface area contributed by atoms with Crippen LogP contribution in [0.1, 0.15) is 6.92 Å². The van der Waals surface area contributed by atoms with Crippen molar-refractivity contribution in [3.05, 3.63) is 29.8 Å². The summed E-state index contributed by atoms with van der Waals surface area (Å²) >= 11 is 0. The molecule has 0 aliphatic heterocycles. The first kappa shape index (κ1) is 11.8. The molecule has 0 aliphatic rings. The minimum absolute atomic E-state index is 0.465. The summed E-state index contributed by atoms with van der Waals surface area (Å²) in [4.78, 5) is 9.98. The second-order valence-electron chi connectivity index (χ2n) is 3.04. The summed E-state index contributed by atoms with van der Waals surface area (Å²) in [5.74, 6) is -3.43. The predicted molar refractivity (Wildman–Crippen MR) is 49.1 cm³/mol. The van der Waals surface area contributed by atoms with E-state index in [0.29, 0.717) is 6.07 Å². The van der Waals surface area contributed by atoms with E-state index in [1.54, 1.807) is 0 Å². The van der Waals surface area contributed by atoms with Crippen LogP contribution in [0, 0.1) is 11.6 Å². The molecule has 1 rings (SSSR count). The number of hydrogen-bond acceptors (Lipinski definition) is 3. The van der Waals surface area contributed by atoms with Crippen LogP contribution in [0.5, 0.6) is 0 Å². The van der Waals surface area contributed by atoms with Gasteiger partial charge in [0.1, 0.15) is 28.1 Å². The first-order valence-electron chi connectivity index (χ1n) is 4.00. The van der Waals surface area contributed by atoms with E-state index < -0.39 is 37.9 Å². The van der Waals surface area contributed by atoms with Crippen LogP contribution in [-0.2, 0) is 14.6 Å². The number of carbonyl (C=O) groups excluding carboxylic acids is 1. The Morgan fingerprint density at radius 3 is 2.40 bits per heavy atom. The first-order valence-corrected chi connectivity index (χ1v) is 5.65. The number of rotatable bonds is 3. The number of Topliss-reactive ketones (excluding diaryl/α,β-unsaturated/α-hetero) is 1. The Bertz CT molecular complexity index is 494. The topological polar surface area (TPSA) is 51.2 Å². The summed E-state index contributed by atoms with van der Waals surface area (Å²) in [5.41, 5.74) is 0. The SMILES string of the molecule is CC(=O)CS(=O)(=O)c1ccc(F)cc1F. The zero-order valence-corrected chi connectivity index (χ0v) is 8.64. The van der Waals surface area contributed by atoms with Crippen molar-refractivity contribution < 1.29 is 22.0 Å². The zero-order chi connectivity index (χ0) is 11.6. The van der Waals surface area contributed by atoms with Crippen molar-refractivity contribution >= 4 is 15.6 Å². The van der Waals surface area contributed by atoms with Crippen LogP contribution in [0.15, 0.2) is 23.1 Å². The van der Waals surface area contributed by atoms with Crippen LogP contribution in [0.4, 0.5) is 8.78 Å². The van der Waals surface area contributed by atoms with E-state index in [1.807, 2.05) is 0 Å². The lowest BCUT2D eigenvalue weighted by atomic mass is 10.3. The average molecular weight is 234 g/mol. The van der Waals surface area contributed by atoms with Gasteiger partial charge in [-0.3, -0.25) is 4.79 Å². The summed E-state index contributed by atoms with van der Waals surface area (Å²) in [6.45, 7) is 1.08. The molecule has 0 atom stereocenters. The van der Waals surface area contributed by atoms with Crippen LogP contribution in [0.2, 0.25) is 0 Å². The number of hydrogen-bond donors (Lipinski definition) is 0. The molecule has 3 nitrogen and oxygen atoms in total. The molecule has 15 heavy (non-hydrogen) atoms. The fourth-order valence-corrected chi connectivity index (χ4v) is 2.39. The van der Waals surface area contributed by atoms with Gasteiger partial charge in [-0.1, -0.05) is 0 Å². The maximum absolute atomic E-state index is 13.1. The number of sulfone groups is 1. The Labute approximate surface area is 85.6 Å². The van der Waals surface area contributed by atoms with Crippen molar-refractivity contribution in [2.24, 2.45) is 0 Å². The molecule has 6 heteroatoms. The smallest absolute Gasteiger partial charge is 0.188 e. The van der Waals surface area contributed by atoms with Gasteiger partial charge in [-0.15, -0.1) is 0 Å². The summed E-state index contributed by atoms with van der Waals surface area (Å²) in [7, 11) is -4.00. The molecule has 0 heterocycles. The Morgan fingerprint density at radius 2 is 1.93 bits per heavy atom. The fraction of sp³-hybridized carbons (Fsp3) is 0.222. The van der Waals surface area contributed by atoms with Crippen molar-refractivity contribution in [3.63, 3.8) is 0 Å². The Morgan fingerprint density at radius 1 is 1.33 bits per heavy atom. The molecule has 0 N–H and O–H groups in total. The summed E-state index contributed by atoms with van der Waals surface area (Å²) in [5, 5.41) is 0. The van der Waals surface area contributed by atoms with Gasteiger partial charge in [0, 0.05) is 6.07 Å². The molecule has 0 saturated heterocycles. The van der Waals surface area contributed by atoms with E-state index in [2.05, 4.69) is 0 Å². The molecule has 0 fully saturated rings. The molecule has 1 aromatic carbocycles.